The first-order valence-corrected chi connectivity index (χ1v) is 5.36. The summed E-state index contributed by atoms with van der Waals surface area (Å²) in [5.41, 5.74) is 0.721. The van der Waals surface area contributed by atoms with E-state index in [0.29, 0.717) is 5.92 Å². The molecule has 82 valence electrons. The van der Waals surface area contributed by atoms with E-state index in [9.17, 15) is 0 Å². The highest BCUT2D eigenvalue weighted by molar-refractivity contribution is 5.80. The number of para-hydroxylation sites is 1. The lowest BCUT2D eigenvalue weighted by molar-refractivity contribution is 0.201. The molecule has 0 fully saturated rings. The monoisotopic (exact) mass is 205 g/mol. The Morgan fingerprint density at radius 3 is 2.40 bits per heavy atom. The van der Waals surface area contributed by atoms with E-state index in [1.165, 1.54) is 0 Å². The molecule has 15 heavy (non-hydrogen) atoms. The van der Waals surface area contributed by atoms with E-state index in [4.69, 9.17) is 10.1 Å². The van der Waals surface area contributed by atoms with E-state index in [1.54, 1.807) is 0 Å². The van der Waals surface area contributed by atoms with Gasteiger partial charge < -0.3 is 10.1 Å². The summed E-state index contributed by atoms with van der Waals surface area (Å²) in [4.78, 5) is 0. The molecule has 0 aliphatic rings. The summed E-state index contributed by atoms with van der Waals surface area (Å²) in [6.07, 6.45) is 1.05. The molecule has 2 heteroatoms. The minimum atomic E-state index is 0.155. The van der Waals surface area contributed by atoms with Crippen LogP contribution in [0.4, 0.5) is 0 Å². The number of hydrogen-bond acceptors (Lipinski definition) is 2. The van der Waals surface area contributed by atoms with Gasteiger partial charge in [-0.25, -0.2) is 0 Å². The Balaban J connectivity index is 2.43. The molecular weight excluding hydrogens is 186 g/mol. The Hall–Kier alpha value is -1.31. The summed E-state index contributed by atoms with van der Waals surface area (Å²) >= 11 is 0. The van der Waals surface area contributed by atoms with Crippen molar-refractivity contribution in [3.05, 3.63) is 30.3 Å². The Morgan fingerprint density at radius 1 is 1.27 bits per heavy atom. The molecule has 0 radical (unpaired) electrons. The lowest BCUT2D eigenvalue weighted by Gasteiger charge is -2.18. The maximum atomic E-state index is 7.52. The second kappa shape index (κ2) is 5.54. The molecule has 0 saturated heterocycles. The SMILES string of the molecule is CC(=N)C(C)CC(C)Oc1ccccc1. The summed E-state index contributed by atoms with van der Waals surface area (Å²) in [6, 6.07) is 9.82. The van der Waals surface area contributed by atoms with Crippen LogP contribution in [0.15, 0.2) is 30.3 Å². The molecule has 2 unspecified atom stereocenters. The largest absolute Gasteiger partial charge is 0.491 e. The molecule has 2 nitrogen and oxygen atoms in total. The first-order chi connectivity index (χ1) is 7.09. The maximum Gasteiger partial charge on any atom is 0.119 e. The van der Waals surface area contributed by atoms with Gasteiger partial charge in [0.25, 0.3) is 0 Å². The van der Waals surface area contributed by atoms with Gasteiger partial charge in [-0.3, -0.25) is 0 Å². The topological polar surface area (TPSA) is 33.1 Å². The normalized spacial score (nSPS) is 14.3. The Labute approximate surface area is 91.8 Å². The van der Waals surface area contributed by atoms with E-state index in [-0.39, 0.29) is 6.10 Å². The van der Waals surface area contributed by atoms with Crippen LogP contribution in [0.3, 0.4) is 0 Å². The van der Waals surface area contributed by atoms with Gasteiger partial charge in [0.2, 0.25) is 0 Å². The van der Waals surface area contributed by atoms with E-state index in [2.05, 4.69) is 6.92 Å². The van der Waals surface area contributed by atoms with E-state index in [0.717, 1.165) is 17.9 Å². The van der Waals surface area contributed by atoms with Crippen LogP contribution in [-0.2, 0) is 0 Å². The number of hydrogen-bond donors (Lipinski definition) is 1. The highest BCUT2D eigenvalue weighted by Crippen LogP contribution is 2.15. The molecule has 2 atom stereocenters. The van der Waals surface area contributed by atoms with Crippen molar-refractivity contribution in [2.24, 2.45) is 5.92 Å². The first-order valence-electron chi connectivity index (χ1n) is 5.36. The van der Waals surface area contributed by atoms with Gasteiger partial charge in [0.1, 0.15) is 5.75 Å². The van der Waals surface area contributed by atoms with Gasteiger partial charge in [0, 0.05) is 5.71 Å². The molecule has 0 spiro atoms. The Bertz CT molecular complexity index is 308. The molecule has 0 aliphatic carbocycles. The standard InChI is InChI=1S/C13H19NO/c1-10(12(3)14)9-11(2)15-13-7-5-4-6-8-13/h4-8,10-11,14H,9H2,1-3H3. The van der Waals surface area contributed by atoms with Gasteiger partial charge in [0.15, 0.2) is 0 Å². The lowest BCUT2D eigenvalue weighted by Crippen LogP contribution is -2.19. The molecule has 0 amide bonds. The molecule has 0 heterocycles. The maximum absolute atomic E-state index is 7.52. The molecule has 1 aromatic rings. The predicted molar refractivity (Wildman–Crippen MR) is 63.7 cm³/mol. The van der Waals surface area contributed by atoms with Crippen molar-refractivity contribution in [2.45, 2.75) is 33.3 Å². The van der Waals surface area contributed by atoms with E-state index in [1.807, 2.05) is 44.2 Å². The van der Waals surface area contributed by atoms with Crippen LogP contribution >= 0.6 is 0 Å². The van der Waals surface area contributed by atoms with Gasteiger partial charge >= 0.3 is 0 Å². The van der Waals surface area contributed by atoms with E-state index >= 15 is 0 Å². The van der Waals surface area contributed by atoms with Crippen molar-refractivity contribution in [2.75, 3.05) is 0 Å². The zero-order valence-electron chi connectivity index (χ0n) is 9.66. The molecule has 1 N–H and O–H groups in total. The average molecular weight is 205 g/mol. The van der Waals surface area contributed by atoms with Gasteiger partial charge in [-0.2, -0.15) is 0 Å². The van der Waals surface area contributed by atoms with Crippen LogP contribution in [0.25, 0.3) is 0 Å². The predicted octanol–water partition coefficient (Wildman–Crippen LogP) is 3.52. The number of rotatable bonds is 5. The molecule has 1 rings (SSSR count). The summed E-state index contributed by atoms with van der Waals surface area (Å²) in [6.45, 7) is 5.96. The molecule has 1 aromatic carbocycles. The number of benzene rings is 1. The van der Waals surface area contributed by atoms with Gasteiger partial charge in [-0.05, 0) is 38.3 Å². The van der Waals surface area contributed by atoms with Crippen LogP contribution in [-0.4, -0.2) is 11.8 Å². The smallest absolute Gasteiger partial charge is 0.119 e. The zero-order valence-corrected chi connectivity index (χ0v) is 9.66. The van der Waals surface area contributed by atoms with Crippen LogP contribution in [0.2, 0.25) is 0 Å². The highest BCUT2D eigenvalue weighted by Gasteiger charge is 2.11. The van der Waals surface area contributed by atoms with Crippen molar-refractivity contribution in [1.29, 1.82) is 5.41 Å². The van der Waals surface area contributed by atoms with Gasteiger partial charge in [-0.15, -0.1) is 0 Å². The quantitative estimate of drug-likeness (QED) is 0.733. The fraction of sp³-hybridized carbons (Fsp3) is 0.462. The highest BCUT2D eigenvalue weighted by atomic mass is 16.5. The van der Waals surface area contributed by atoms with E-state index < -0.39 is 0 Å². The van der Waals surface area contributed by atoms with Crippen LogP contribution in [0.5, 0.6) is 5.75 Å². The van der Waals surface area contributed by atoms with Gasteiger partial charge in [-0.1, -0.05) is 25.1 Å². The molecule has 0 aliphatic heterocycles. The first kappa shape index (κ1) is 11.8. The lowest BCUT2D eigenvalue weighted by atomic mass is 10.00. The second-order valence-electron chi connectivity index (χ2n) is 4.06. The Kier molecular flexibility index (Phi) is 4.35. The van der Waals surface area contributed by atoms with Crippen molar-refractivity contribution in [1.82, 2.24) is 0 Å². The second-order valence-corrected chi connectivity index (χ2v) is 4.06. The van der Waals surface area contributed by atoms with Crippen molar-refractivity contribution >= 4 is 5.71 Å². The van der Waals surface area contributed by atoms with Crippen molar-refractivity contribution in [3.63, 3.8) is 0 Å². The fourth-order valence-electron chi connectivity index (χ4n) is 1.45. The van der Waals surface area contributed by atoms with Gasteiger partial charge in [0.05, 0.1) is 6.10 Å². The fourth-order valence-corrected chi connectivity index (χ4v) is 1.45. The third-order valence-electron chi connectivity index (χ3n) is 2.51. The average Bonchev–Trinajstić information content (AvgIpc) is 2.18. The molecule has 0 aromatic heterocycles. The molecular formula is C13H19NO. The summed E-state index contributed by atoms with van der Waals surface area (Å²) in [5.74, 6) is 1.20. The number of ether oxygens (including phenoxy) is 1. The summed E-state index contributed by atoms with van der Waals surface area (Å²) in [7, 11) is 0. The minimum Gasteiger partial charge on any atom is -0.491 e. The third-order valence-corrected chi connectivity index (χ3v) is 2.51. The summed E-state index contributed by atoms with van der Waals surface area (Å²) < 4.78 is 5.74. The third kappa shape index (κ3) is 4.15. The van der Waals surface area contributed by atoms with Crippen LogP contribution in [0.1, 0.15) is 27.2 Å². The molecule has 0 saturated carbocycles. The van der Waals surface area contributed by atoms with Crippen LogP contribution < -0.4 is 4.74 Å². The minimum absolute atomic E-state index is 0.155. The zero-order chi connectivity index (χ0) is 11.3. The van der Waals surface area contributed by atoms with Crippen LogP contribution in [0, 0.1) is 11.3 Å². The van der Waals surface area contributed by atoms with Crippen molar-refractivity contribution in [3.8, 4) is 5.75 Å². The Morgan fingerprint density at radius 2 is 1.87 bits per heavy atom. The molecule has 0 bridgehead atoms. The summed E-state index contributed by atoms with van der Waals surface area (Å²) in [5, 5.41) is 7.52. The number of nitrogens with one attached hydrogen (secondary N) is 1. The van der Waals surface area contributed by atoms with Crippen molar-refractivity contribution < 1.29 is 4.74 Å².